The van der Waals surface area contributed by atoms with E-state index in [4.69, 9.17) is 4.74 Å². The first-order chi connectivity index (χ1) is 10.8. The third-order valence-corrected chi connectivity index (χ3v) is 3.91. The van der Waals surface area contributed by atoms with Gasteiger partial charge in [-0.1, -0.05) is 6.92 Å². The highest BCUT2D eigenvalue weighted by Gasteiger charge is 2.22. The zero-order valence-electron chi connectivity index (χ0n) is 12.9. The molecule has 116 valence electrons. The van der Waals surface area contributed by atoms with Crippen molar-refractivity contribution < 1.29 is 4.74 Å². The molecular weight excluding hydrogens is 278 g/mol. The van der Waals surface area contributed by atoms with Crippen molar-refractivity contribution in [2.45, 2.75) is 26.2 Å². The van der Waals surface area contributed by atoms with Gasteiger partial charge in [0.15, 0.2) is 0 Å². The van der Waals surface area contributed by atoms with E-state index in [0.29, 0.717) is 18.4 Å². The third-order valence-electron chi connectivity index (χ3n) is 3.91. The predicted octanol–water partition coefficient (Wildman–Crippen LogP) is 2.12. The number of rotatable bonds is 5. The summed E-state index contributed by atoms with van der Waals surface area (Å²) in [5.41, 5.74) is 1.17. The molecule has 0 amide bonds. The maximum absolute atomic E-state index is 5.73. The molecular formula is C16H21N5O. The van der Waals surface area contributed by atoms with E-state index in [2.05, 4.69) is 31.8 Å². The Balaban J connectivity index is 1.56. The van der Waals surface area contributed by atoms with E-state index in [-0.39, 0.29) is 0 Å². The SMILES string of the molecule is CCc1cnc(N2CCCC(COc3cnccn3)C2)nc1. The third kappa shape index (κ3) is 3.69. The summed E-state index contributed by atoms with van der Waals surface area (Å²) in [5, 5.41) is 0. The normalized spacial score (nSPS) is 18.2. The lowest BCUT2D eigenvalue weighted by Gasteiger charge is -2.32. The molecule has 1 fully saturated rings. The number of aromatic nitrogens is 4. The highest BCUT2D eigenvalue weighted by molar-refractivity contribution is 5.30. The van der Waals surface area contributed by atoms with Crippen LogP contribution in [0.4, 0.5) is 5.95 Å². The van der Waals surface area contributed by atoms with Gasteiger partial charge in [0.2, 0.25) is 11.8 Å². The summed E-state index contributed by atoms with van der Waals surface area (Å²) < 4.78 is 5.73. The molecule has 3 rings (SSSR count). The van der Waals surface area contributed by atoms with Crippen LogP contribution in [0.1, 0.15) is 25.3 Å². The van der Waals surface area contributed by atoms with Crippen molar-refractivity contribution in [2.75, 3.05) is 24.6 Å². The molecule has 22 heavy (non-hydrogen) atoms. The van der Waals surface area contributed by atoms with Gasteiger partial charge in [-0.15, -0.1) is 0 Å². The van der Waals surface area contributed by atoms with Gasteiger partial charge in [-0.3, -0.25) is 4.98 Å². The summed E-state index contributed by atoms with van der Waals surface area (Å²) in [7, 11) is 0. The first kappa shape index (κ1) is 14.7. The quantitative estimate of drug-likeness (QED) is 0.842. The number of anilines is 1. The average molecular weight is 299 g/mol. The van der Waals surface area contributed by atoms with Gasteiger partial charge in [0.05, 0.1) is 12.8 Å². The van der Waals surface area contributed by atoms with Crippen LogP contribution in [0, 0.1) is 5.92 Å². The van der Waals surface area contributed by atoms with Crippen molar-refractivity contribution in [3.8, 4) is 5.88 Å². The van der Waals surface area contributed by atoms with Crippen LogP contribution in [-0.2, 0) is 6.42 Å². The molecule has 0 radical (unpaired) electrons. The molecule has 1 aliphatic heterocycles. The van der Waals surface area contributed by atoms with E-state index in [1.165, 1.54) is 5.56 Å². The van der Waals surface area contributed by atoms with E-state index in [1.54, 1.807) is 18.6 Å². The summed E-state index contributed by atoms with van der Waals surface area (Å²) in [4.78, 5) is 19.3. The van der Waals surface area contributed by atoms with Crippen LogP contribution in [0.3, 0.4) is 0 Å². The van der Waals surface area contributed by atoms with Crippen molar-refractivity contribution >= 4 is 5.95 Å². The van der Waals surface area contributed by atoms with Crippen LogP contribution in [0.2, 0.25) is 0 Å². The van der Waals surface area contributed by atoms with E-state index in [9.17, 15) is 0 Å². The van der Waals surface area contributed by atoms with Crippen LogP contribution in [0.5, 0.6) is 5.88 Å². The minimum atomic E-state index is 0.463. The van der Waals surface area contributed by atoms with Gasteiger partial charge in [-0.25, -0.2) is 15.0 Å². The minimum absolute atomic E-state index is 0.463. The lowest BCUT2D eigenvalue weighted by molar-refractivity contribution is 0.220. The zero-order valence-corrected chi connectivity index (χ0v) is 12.9. The highest BCUT2D eigenvalue weighted by atomic mass is 16.5. The Morgan fingerprint density at radius 1 is 1.18 bits per heavy atom. The highest BCUT2D eigenvalue weighted by Crippen LogP contribution is 2.21. The van der Waals surface area contributed by atoms with Crippen LogP contribution < -0.4 is 9.64 Å². The van der Waals surface area contributed by atoms with Gasteiger partial charge in [-0.2, -0.15) is 0 Å². The van der Waals surface area contributed by atoms with Crippen molar-refractivity contribution in [2.24, 2.45) is 5.92 Å². The number of ether oxygens (including phenoxy) is 1. The van der Waals surface area contributed by atoms with Crippen LogP contribution >= 0.6 is 0 Å². The minimum Gasteiger partial charge on any atom is -0.476 e. The van der Waals surface area contributed by atoms with Crippen molar-refractivity contribution in [3.63, 3.8) is 0 Å². The van der Waals surface area contributed by atoms with Crippen LogP contribution in [-0.4, -0.2) is 39.6 Å². The number of aryl methyl sites for hydroxylation is 1. The second kappa shape index (κ2) is 7.15. The summed E-state index contributed by atoms with van der Waals surface area (Å²) in [5.74, 6) is 1.87. The zero-order chi connectivity index (χ0) is 15.2. The molecule has 1 unspecified atom stereocenters. The Morgan fingerprint density at radius 2 is 2.05 bits per heavy atom. The topological polar surface area (TPSA) is 64.0 Å². The van der Waals surface area contributed by atoms with Gasteiger partial charge in [0, 0.05) is 43.8 Å². The Labute approximate surface area is 130 Å². The number of hydrogen-bond donors (Lipinski definition) is 0. The molecule has 0 aliphatic carbocycles. The molecule has 6 nitrogen and oxygen atoms in total. The van der Waals surface area contributed by atoms with Crippen molar-refractivity contribution in [1.29, 1.82) is 0 Å². The van der Waals surface area contributed by atoms with E-state index in [1.807, 2.05) is 12.4 Å². The first-order valence-electron chi connectivity index (χ1n) is 7.80. The second-order valence-electron chi connectivity index (χ2n) is 5.55. The summed E-state index contributed by atoms with van der Waals surface area (Å²) in [6.07, 6.45) is 12.0. The maximum atomic E-state index is 5.73. The molecule has 0 spiro atoms. The Hall–Kier alpha value is -2.24. The van der Waals surface area contributed by atoms with Crippen LogP contribution in [0.25, 0.3) is 0 Å². The monoisotopic (exact) mass is 299 g/mol. The molecule has 6 heteroatoms. The average Bonchev–Trinajstić information content (AvgIpc) is 2.61. The van der Waals surface area contributed by atoms with Crippen molar-refractivity contribution in [3.05, 3.63) is 36.5 Å². The molecule has 0 N–H and O–H groups in total. The fraction of sp³-hybridized carbons (Fsp3) is 0.500. The molecule has 2 aromatic heterocycles. The van der Waals surface area contributed by atoms with Gasteiger partial charge in [0.1, 0.15) is 0 Å². The van der Waals surface area contributed by atoms with E-state index < -0.39 is 0 Å². The summed E-state index contributed by atoms with van der Waals surface area (Å²) in [6, 6.07) is 0. The molecule has 0 bridgehead atoms. The van der Waals surface area contributed by atoms with Gasteiger partial charge >= 0.3 is 0 Å². The van der Waals surface area contributed by atoms with E-state index >= 15 is 0 Å². The van der Waals surface area contributed by atoms with Crippen LogP contribution in [0.15, 0.2) is 31.0 Å². The maximum Gasteiger partial charge on any atom is 0.232 e. The molecule has 3 heterocycles. The Morgan fingerprint density at radius 3 is 2.77 bits per heavy atom. The van der Waals surface area contributed by atoms with Crippen molar-refractivity contribution in [1.82, 2.24) is 19.9 Å². The lowest BCUT2D eigenvalue weighted by Crippen LogP contribution is -2.38. The smallest absolute Gasteiger partial charge is 0.232 e. The molecule has 1 saturated heterocycles. The van der Waals surface area contributed by atoms with E-state index in [0.717, 1.165) is 38.3 Å². The molecule has 0 saturated carbocycles. The Bertz CT molecular complexity index is 575. The fourth-order valence-electron chi connectivity index (χ4n) is 2.64. The van der Waals surface area contributed by atoms with Gasteiger partial charge < -0.3 is 9.64 Å². The standard InChI is InChI=1S/C16H21N5O/c1-2-13-8-19-16(20-9-13)21-7-3-4-14(11-21)12-22-15-10-17-5-6-18-15/h5-6,8-10,14H,2-4,7,11-12H2,1H3. The summed E-state index contributed by atoms with van der Waals surface area (Å²) >= 11 is 0. The Kier molecular flexibility index (Phi) is 4.78. The van der Waals surface area contributed by atoms with Gasteiger partial charge in [-0.05, 0) is 24.8 Å². The fourth-order valence-corrected chi connectivity index (χ4v) is 2.64. The molecule has 0 aromatic carbocycles. The first-order valence-corrected chi connectivity index (χ1v) is 7.80. The number of nitrogens with zero attached hydrogens (tertiary/aromatic N) is 5. The summed E-state index contributed by atoms with van der Waals surface area (Å²) in [6.45, 7) is 4.69. The van der Waals surface area contributed by atoms with Gasteiger partial charge in [0.25, 0.3) is 0 Å². The molecule has 1 atom stereocenters. The number of hydrogen-bond acceptors (Lipinski definition) is 6. The molecule has 1 aliphatic rings. The largest absolute Gasteiger partial charge is 0.476 e. The molecule has 2 aromatic rings. The lowest BCUT2D eigenvalue weighted by atomic mass is 9.99. The number of piperidine rings is 1. The predicted molar refractivity (Wildman–Crippen MR) is 83.9 cm³/mol. The second-order valence-corrected chi connectivity index (χ2v) is 5.55.